The van der Waals surface area contributed by atoms with Crippen LogP contribution in [-0.4, -0.2) is 71.8 Å². The highest BCUT2D eigenvalue weighted by atomic mass is 16.5. The molecule has 0 aliphatic carbocycles. The lowest BCUT2D eigenvalue weighted by molar-refractivity contribution is -0.138. The Bertz CT molecular complexity index is 1330. The zero-order valence-electron chi connectivity index (χ0n) is 20.5. The smallest absolute Gasteiger partial charge is 0.225 e. The fourth-order valence-electron chi connectivity index (χ4n) is 5.54. The minimum atomic E-state index is 0.109. The molecular weight excluding hydrogens is 456 g/mol. The van der Waals surface area contributed by atoms with Gasteiger partial charge in [-0.05, 0) is 69.5 Å². The van der Waals surface area contributed by atoms with Crippen molar-refractivity contribution in [3.05, 3.63) is 54.2 Å². The van der Waals surface area contributed by atoms with Crippen molar-refractivity contribution in [2.75, 3.05) is 26.2 Å². The summed E-state index contributed by atoms with van der Waals surface area (Å²) < 4.78 is 7.52. The highest BCUT2D eigenvalue weighted by Gasteiger charge is 2.33. The first-order valence-corrected chi connectivity index (χ1v) is 12.7. The van der Waals surface area contributed by atoms with Gasteiger partial charge in [0.05, 0.1) is 6.20 Å². The normalized spacial score (nSPS) is 18.2. The minimum absolute atomic E-state index is 0.109. The topological polar surface area (TPSA) is 106 Å². The van der Waals surface area contributed by atoms with E-state index in [2.05, 4.69) is 34.7 Å². The van der Waals surface area contributed by atoms with Crippen LogP contribution in [0.5, 0.6) is 0 Å². The molecule has 0 saturated carbocycles. The zero-order chi connectivity index (χ0) is 24.5. The lowest BCUT2D eigenvalue weighted by Crippen LogP contribution is -2.45. The summed E-state index contributed by atoms with van der Waals surface area (Å²) in [6.07, 6.45) is 8.89. The zero-order valence-corrected chi connectivity index (χ0v) is 20.5. The van der Waals surface area contributed by atoms with E-state index in [-0.39, 0.29) is 12.0 Å². The van der Waals surface area contributed by atoms with E-state index in [1.807, 2.05) is 37.4 Å². The van der Waals surface area contributed by atoms with E-state index >= 15 is 0 Å². The second-order valence-corrected chi connectivity index (χ2v) is 9.83. The van der Waals surface area contributed by atoms with Gasteiger partial charge in [-0.1, -0.05) is 5.16 Å². The highest BCUT2D eigenvalue weighted by Crippen LogP contribution is 2.33. The van der Waals surface area contributed by atoms with Gasteiger partial charge in [-0.25, -0.2) is 9.97 Å². The van der Waals surface area contributed by atoms with Crippen LogP contribution in [0.1, 0.15) is 43.0 Å². The molecule has 186 valence electrons. The molecule has 6 rings (SSSR count). The van der Waals surface area contributed by atoms with Crippen LogP contribution in [0.3, 0.4) is 0 Å². The van der Waals surface area contributed by atoms with E-state index in [9.17, 15) is 4.79 Å². The molecular formula is C26H30N8O2. The number of likely N-dealkylation sites (tertiary alicyclic amines) is 2. The number of imidazole rings is 1. The largest absolute Gasteiger partial charge is 0.361 e. The molecule has 0 atom stereocenters. The Morgan fingerprint density at radius 3 is 2.61 bits per heavy atom. The summed E-state index contributed by atoms with van der Waals surface area (Å²) in [6.45, 7) is 6.10. The number of amides is 1. The molecule has 4 aromatic rings. The van der Waals surface area contributed by atoms with Gasteiger partial charge in [0.15, 0.2) is 11.5 Å². The predicted molar refractivity (Wildman–Crippen MR) is 133 cm³/mol. The number of piperidine rings is 2. The second kappa shape index (κ2) is 9.77. The molecule has 0 unspecified atom stereocenters. The van der Waals surface area contributed by atoms with Crippen LogP contribution in [0, 0.1) is 12.8 Å². The van der Waals surface area contributed by atoms with Crippen LogP contribution >= 0.6 is 0 Å². The molecule has 4 aromatic heterocycles. The lowest BCUT2D eigenvalue weighted by Gasteiger charge is -2.37. The molecule has 2 fully saturated rings. The van der Waals surface area contributed by atoms with Gasteiger partial charge in [-0.2, -0.15) is 10.2 Å². The fraction of sp³-hybridized carbons (Fsp3) is 0.462. The van der Waals surface area contributed by atoms with Crippen LogP contribution in [0.4, 0.5) is 0 Å². The predicted octanol–water partition coefficient (Wildman–Crippen LogP) is 3.26. The molecule has 0 aromatic carbocycles. The van der Waals surface area contributed by atoms with Crippen LogP contribution in [-0.2, 0) is 11.3 Å². The molecule has 2 saturated heterocycles. The quantitative estimate of drug-likeness (QED) is 0.423. The van der Waals surface area contributed by atoms with Gasteiger partial charge in [0.1, 0.15) is 17.0 Å². The molecule has 0 N–H and O–H groups in total. The van der Waals surface area contributed by atoms with E-state index in [0.717, 1.165) is 86.8 Å². The lowest BCUT2D eigenvalue weighted by atomic mass is 9.93. The van der Waals surface area contributed by atoms with Gasteiger partial charge in [0.2, 0.25) is 5.91 Å². The number of nitrogens with zero attached hydrogens (tertiary/aromatic N) is 8. The summed E-state index contributed by atoms with van der Waals surface area (Å²) in [5.41, 5.74) is 3.59. The van der Waals surface area contributed by atoms with Crippen molar-refractivity contribution >= 4 is 17.1 Å². The average molecular weight is 487 g/mol. The second-order valence-electron chi connectivity index (χ2n) is 9.83. The molecule has 2 aliphatic rings. The van der Waals surface area contributed by atoms with Gasteiger partial charge >= 0.3 is 0 Å². The molecule has 0 bridgehead atoms. The molecule has 0 radical (unpaired) electrons. The number of pyridine rings is 1. The van der Waals surface area contributed by atoms with Crippen molar-refractivity contribution in [1.29, 1.82) is 0 Å². The summed E-state index contributed by atoms with van der Waals surface area (Å²) >= 11 is 0. The summed E-state index contributed by atoms with van der Waals surface area (Å²) in [4.78, 5) is 27.3. The average Bonchev–Trinajstić information content (AvgIpc) is 3.53. The van der Waals surface area contributed by atoms with Gasteiger partial charge in [-0.3, -0.25) is 9.69 Å². The Morgan fingerprint density at radius 2 is 1.89 bits per heavy atom. The monoisotopic (exact) mass is 486 g/mol. The molecule has 6 heterocycles. The van der Waals surface area contributed by atoms with Crippen LogP contribution in [0.2, 0.25) is 0 Å². The van der Waals surface area contributed by atoms with Crippen molar-refractivity contribution in [1.82, 2.24) is 39.7 Å². The summed E-state index contributed by atoms with van der Waals surface area (Å²) in [5, 5.41) is 12.0. The molecule has 2 aliphatic heterocycles. The number of carbonyl (C=O) groups is 1. The maximum Gasteiger partial charge on any atom is 0.225 e. The summed E-state index contributed by atoms with van der Waals surface area (Å²) in [6, 6.07) is 8.00. The van der Waals surface area contributed by atoms with Crippen molar-refractivity contribution in [3.8, 4) is 11.5 Å². The Kier molecular flexibility index (Phi) is 6.18. The molecule has 10 nitrogen and oxygen atoms in total. The molecule has 0 spiro atoms. The third-order valence-electron chi connectivity index (χ3n) is 7.44. The van der Waals surface area contributed by atoms with Crippen molar-refractivity contribution in [2.45, 2.75) is 45.2 Å². The summed E-state index contributed by atoms with van der Waals surface area (Å²) in [5.74, 6) is 1.94. The first kappa shape index (κ1) is 22.8. The Hall–Kier alpha value is -3.66. The Balaban J connectivity index is 1.10. The van der Waals surface area contributed by atoms with Gasteiger partial charge in [0.25, 0.3) is 0 Å². The Labute approximate surface area is 209 Å². The van der Waals surface area contributed by atoms with Crippen LogP contribution < -0.4 is 0 Å². The number of hydrogen-bond donors (Lipinski definition) is 0. The number of aromatic nitrogens is 6. The standard InChI is InChI=1S/C26H30N8O2/c1-18-15-23(31-36-18)25-30-22-3-2-9-27-24(22)34(25)21-7-13-33(14-8-21)26(35)20-5-11-32(12-6-20)17-19-4-10-28-29-16-19/h2-4,9-10,15-16,20-21H,5-8,11-14,17H2,1H3. The SMILES string of the molecule is Cc1cc(-c2nc3cccnc3n2C2CCN(C(=O)C3CCN(Cc4ccnnc4)CC3)CC2)no1. The van der Waals surface area contributed by atoms with E-state index in [4.69, 9.17) is 9.51 Å². The van der Waals surface area contributed by atoms with Crippen LogP contribution in [0.25, 0.3) is 22.7 Å². The van der Waals surface area contributed by atoms with Crippen molar-refractivity contribution < 1.29 is 9.32 Å². The third-order valence-corrected chi connectivity index (χ3v) is 7.44. The number of carbonyl (C=O) groups excluding carboxylic acids is 1. The number of hydrogen-bond acceptors (Lipinski definition) is 8. The van der Waals surface area contributed by atoms with E-state index in [0.29, 0.717) is 5.91 Å². The van der Waals surface area contributed by atoms with Gasteiger partial charge < -0.3 is 14.0 Å². The third kappa shape index (κ3) is 4.48. The maximum atomic E-state index is 13.4. The first-order valence-electron chi connectivity index (χ1n) is 12.7. The van der Waals surface area contributed by atoms with Gasteiger partial charge in [-0.15, -0.1) is 0 Å². The van der Waals surface area contributed by atoms with E-state index in [1.165, 1.54) is 5.56 Å². The molecule has 10 heteroatoms. The highest BCUT2D eigenvalue weighted by molar-refractivity contribution is 5.79. The molecule has 36 heavy (non-hydrogen) atoms. The maximum absolute atomic E-state index is 13.4. The molecule has 1 amide bonds. The minimum Gasteiger partial charge on any atom is -0.361 e. The Morgan fingerprint density at radius 1 is 1.06 bits per heavy atom. The van der Waals surface area contributed by atoms with Gasteiger partial charge in [0, 0.05) is 50.1 Å². The number of aryl methyl sites for hydroxylation is 1. The van der Waals surface area contributed by atoms with Crippen LogP contribution in [0.15, 0.2) is 47.4 Å². The van der Waals surface area contributed by atoms with E-state index in [1.54, 1.807) is 12.4 Å². The number of rotatable bonds is 5. The fourth-order valence-corrected chi connectivity index (χ4v) is 5.54. The van der Waals surface area contributed by atoms with Crippen molar-refractivity contribution in [2.24, 2.45) is 5.92 Å². The number of fused-ring (bicyclic) bond motifs is 1. The van der Waals surface area contributed by atoms with E-state index < -0.39 is 0 Å². The summed E-state index contributed by atoms with van der Waals surface area (Å²) in [7, 11) is 0. The van der Waals surface area contributed by atoms with Crippen molar-refractivity contribution in [3.63, 3.8) is 0 Å². The first-order chi connectivity index (χ1) is 17.7.